The smallest absolute Gasteiger partial charge is 0.434 e. The average Bonchev–Trinajstić information content (AvgIpc) is 2.55. The second-order valence-corrected chi connectivity index (χ2v) is 6.49. The molecule has 22 heavy (non-hydrogen) atoms. The molecule has 0 bridgehead atoms. The Balaban J connectivity index is 2.26. The molecule has 0 radical (unpaired) electrons. The number of rotatable bonds is 10. The number of carbonyl (C=O) groups is 1. The molecule has 0 aliphatic carbocycles. The molecule has 1 fully saturated rings. The largest absolute Gasteiger partial charge is 0.508 e. The minimum atomic E-state index is -0.467. The molecule has 1 atom stereocenters. The Kier molecular flexibility index (Phi) is 10.3. The van der Waals surface area contributed by atoms with Gasteiger partial charge in [-0.2, -0.15) is 0 Å². The van der Waals surface area contributed by atoms with Gasteiger partial charge in [-0.3, -0.25) is 0 Å². The van der Waals surface area contributed by atoms with Crippen LogP contribution in [0.1, 0.15) is 72.1 Å². The summed E-state index contributed by atoms with van der Waals surface area (Å²) in [4.78, 5) is 14.3. The third kappa shape index (κ3) is 8.02. The van der Waals surface area contributed by atoms with Crippen LogP contribution in [0.3, 0.4) is 0 Å². The van der Waals surface area contributed by atoms with Crippen molar-refractivity contribution in [2.75, 3.05) is 26.2 Å². The summed E-state index contributed by atoms with van der Waals surface area (Å²) in [6.07, 6.45) is 8.32. The van der Waals surface area contributed by atoms with Gasteiger partial charge >= 0.3 is 6.16 Å². The van der Waals surface area contributed by atoms with Crippen molar-refractivity contribution in [3.8, 4) is 0 Å². The van der Waals surface area contributed by atoms with Gasteiger partial charge < -0.3 is 14.4 Å². The summed E-state index contributed by atoms with van der Waals surface area (Å²) in [7, 11) is 0. The monoisotopic (exact) mass is 313 g/mol. The van der Waals surface area contributed by atoms with Crippen molar-refractivity contribution in [2.45, 2.75) is 78.2 Å². The number of nitrogens with zero attached hydrogens (tertiary/aromatic N) is 1. The highest BCUT2D eigenvalue weighted by Crippen LogP contribution is 2.18. The molecule has 4 heteroatoms. The fourth-order valence-corrected chi connectivity index (χ4v) is 3.06. The molecule has 0 aromatic heterocycles. The maximum Gasteiger partial charge on any atom is 0.508 e. The summed E-state index contributed by atoms with van der Waals surface area (Å²) in [6, 6.07) is 0. The van der Waals surface area contributed by atoms with Gasteiger partial charge in [-0.05, 0) is 38.8 Å². The zero-order chi connectivity index (χ0) is 16.2. The van der Waals surface area contributed by atoms with Crippen molar-refractivity contribution < 1.29 is 14.3 Å². The van der Waals surface area contributed by atoms with Crippen molar-refractivity contribution in [3.05, 3.63) is 0 Å². The first kappa shape index (κ1) is 19.3. The maximum atomic E-state index is 11.9. The van der Waals surface area contributed by atoms with E-state index in [2.05, 4.69) is 25.7 Å². The van der Waals surface area contributed by atoms with Crippen molar-refractivity contribution in [1.82, 2.24) is 4.90 Å². The minimum absolute atomic E-state index is 0.0332. The molecule has 4 nitrogen and oxygen atoms in total. The Morgan fingerprint density at radius 1 is 1.18 bits per heavy atom. The van der Waals surface area contributed by atoms with Gasteiger partial charge in [0.2, 0.25) is 0 Å². The molecule has 1 saturated heterocycles. The fraction of sp³-hybridized carbons (Fsp3) is 0.944. The first-order valence-electron chi connectivity index (χ1n) is 9.25. The van der Waals surface area contributed by atoms with E-state index >= 15 is 0 Å². The van der Waals surface area contributed by atoms with Crippen LogP contribution in [0.2, 0.25) is 0 Å². The van der Waals surface area contributed by atoms with Crippen LogP contribution in [0.4, 0.5) is 4.79 Å². The summed E-state index contributed by atoms with van der Waals surface area (Å²) in [5.41, 5.74) is 0. The van der Waals surface area contributed by atoms with Crippen molar-refractivity contribution in [1.29, 1.82) is 0 Å². The second kappa shape index (κ2) is 11.8. The number of piperidine rings is 1. The van der Waals surface area contributed by atoms with E-state index in [0.29, 0.717) is 12.5 Å². The molecule has 1 aliphatic heterocycles. The summed E-state index contributed by atoms with van der Waals surface area (Å²) in [5.74, 6) is 0.464. The van der Waals surface area contributed by atoms with Crippen LogP contribution in [0.15, 0.2) is 0 Å². The standard InChI is InChI=1S/C18H35NO3/c1-4-7-11-17(12-8-5-2)22-18(20)21-15-16-10-9-13-19(6-3)14-16/h16-17H,4-15H2,1-3H3. The van der Waals surface area contributed by atoms with Gasteiger partial charge in [-0.25, -0.2) is 4.79 Å². The van der Waals surface area contributed by atoms with E-state index in [-0.39, 0.29) is 6.10 Å². The molecule has 130 valence electrons. The Morgan fingerprint density at radius 3 is 2.45 bits per heavy atom. The van der Waals surface area contributed by atoms with Crippen LogP contribution < -0.4 is 0 Å². The third-order valence-corrected chi connectivity index (χ3v) is 4.51. The summed E-state index contributed by atoms with van der Waals surface area (Å²) in [5, 5.41) is 0. The molecule has 0 aromatic carbocycles. The highest BCUT2D eigenvalue weighted by molar-refractivity contribution is 5.60. The predicted molar refractivity (Wildman–Crippen MR) is 90.1 cm³/mol. The Bertz CT molecular complexity index is 288. The van der Waals surface area contributed by atoms with Gasteiger partial charge in [-0.1, -0.05) is 46.5 Å². The average molecular weight is 313 g/mol. The fourth-order valence-electron chi connectivity index (χ4n) is 3.06. The van der Waals surface area contributed by atoms with Crippen LogP contribution in [-0.4, -0.2) is 43.4 Å². The van der Waals surface area contributed by atoms with Crippen molar-refractivity contribution in [2.24, 2.45) is 5.92 Å². The van der Waals surface area contributed by atoms with Gasteiger partial charge in [0.25, 0.3) is 0 Å². The minimum Gasteiger partial charge on any atom is -0.434 e. The number of ether oxygens (including phenoxy) is 2. The van der Waals surface area contributed by atoms with E-state index in [1.807, 2.05) is 0 Å². The number of hydrogen-bond donors (Lipinski definition) is 0. The number of unbranched alkanes of at least 4 members (excludes halogenated alkanes) is 2. The van der Waals surface area contributed by atoms with Crippen LogP contribution >= 0.6 is 0 Å². The number of hydrogen-bond acceptors (Lipinski definition) is 4. The molecule has 1 heterocycles. The molecule has 0 spiro atoms. The molecule has 1 unspecified atom stereocenters. The lowest BCUT2D eigenvalue weighted by Gasteiger charge is -2.31. The van der Waals surface area contributed by atoms with Gasteiger partial charge in [0.15, 0.2) is 0 Å². The van der Waals surface area contributed by atoms with Crippen LogP contribution in [0.25, 0.3) is 0 Å². The van der Waals surface area contributed by atoms with Crippen molar-refractivity contribution in [3.63, 3.8) is 0 Å². The predicted octanol–water partition coefficient (Wildman–Crippen LogP) is 4.62. The topological polar surface area (TPSA) is 38.8 Å². The van der Waals surface area contributed by atoms with E-state index in [1.54, 1.807) is 0 Å². The van der Waals surface area contributed by atoms with Gasteiger partial charge in [0, 0.05) is 12.5 Å². The number of likely N-dealkylation sites (tertiary alicyclic amines) is 1. The van der Waals surface area contributed by atoms with E-state index in [9.17, 15) is 4.79 Å². The SMILES string of the molecule is CCCCC(CCCC)OC(=O)OCC1CCCN(CC)C1. The number of carbonyl (C=O) groups excluding carboxylic acids is 1. The Labute approximate surface area is 136 Å². The Hall–Kier alpha value is -0.770. The van der Waals surface area contributed by atoms with Crippen LogP contribution in [0, 0.1) is 5.92 Å². The summed E-state index contributed by atoms with van der Waals surface area (Å²) < 4.78 is 10.9. The normalized spacial score (nSPS) is 19.4. The Morgan fingerprint density at radius 2 is 1.86 bits per heavy atom. The first-order valence-corrected chi connectivity index (χ1v) is 9.25. The zero-order valence-electron chi connectivity index (χ0n) is 14.8. The van der Waals surface area contributed by atoms with Crippen LogP contribution in [0.5, 0.6) is 0 Å². The van der Waals surface area contributed by atoms with Crippen molar-refractivity contribution >= 4 is 6.16 Å². The maximum absolute atomic E-state index is 11.9. The van der Waals surface area contributed by atoms with Crippen LogP contribution in [-0.2, 0) is 9.47 Å². The lowest BCUT2D eigenvalue weighted by Crippen LogP contribution is -2.37. The molecule has 0 N–H and O–H groups in total. The molecule has 0 amide bonds. The van der Waals surface area contributed by atoms with Gasteiger partial charge in [0.05, 0.1) is 6.61 Å². The molecule has 0 saturated carbocycles. The van der Waals surface area contributed by atoms with E-state index in [4.69, 9.17) is 9.47 Å². The highest BCUT2D eigenvalue weighted by Gasteiger charge is 2.21. The van der Waals surface area contributed by atoms with E-state index < -0.39 is 6.16 Å². The first-order chi connectivity index (χ1) is 10.7. The highest BCUT2D eigenvalue weighted by atomic mass is 16.7. The molecular formula is C18H35NO3. The molecule has 1 aliphatic rings. The second-order valence-electron chi connectivity index (χ2n) is 6.49. The molecule has 0 aromatic rings. The summed E-state index contributed by atoms with van der Waals surface area (Å²) in [6.45, 7) is 10.3. The summed E-state index contributed by atoms with van der Waals surface area (Å²) >= 11 is 0. The van der Waals surface area contributed by atoms with E-state index in [1.165, 1.54) is 13.0 Å². The molecule has 1 rings (SSSR count). The lowest BCUT2D eigenvalue weighted by molar-refractivity contribution is 0.00227. The quantitative estimate of drug-likeness (QED) is 0.552. The zero-order valence-corrected chi connectivity index (χ0v) is 14.8. The van der Waals surface area contributed by atoms with Gasteiger partial charge in [-0.15, -0.1) is 0 Å². The lowest BCUT2D eigenvalue weighted by atomic mass is 9.99. The third-order valence-electron chi connectivity index (χ3n) is 4.51. The molecular weight excluding hydrogens is 278 g/mol. The van der Waals surface area contributed by atoms with E-state index in [0.717, 1.165) is 58.0 Å². The van der Waals surface area contributed by atoms with Gasteiger partial charge in [0.1, 0.15) is 6.10 Å².